The van der Waals surface area contributed by atoms with Gasteiger partial charge in [-0.3, -0.25) is 14.7 Å². The minimum atomic E-state index is -0.0320. The highest BCUT2D eigenvalue weighted by Gasteiger charge is 2.21. The van der Waals surface area contributed by atoms with Gasteiger partial charge in [-0.2, -0.15) is 0 Å². The minimum absolute atomic E-state index is 0.0320. The molecule has 156 valence electrons. The second kappa shape index (κ2) is 9.00. The van der Waals surface area contributed by atoms with Crippen molar-refractivity contribution in [3.8, 4) is 11.1 Å². The summed E-state index contributed by atoms with van der Waals surface area (Å²) in [5, 5.41) is 6.58. The Kier molecular flexibility index (Phi) is 5.78. The van der Waals surface area contributed by atoms with E-state index in [4.69, 9.17) is 0 Å². The van der Waals surface area contributed by atoms with E-state index in [1.54, 1.807) is 17.5 Å². The molecule has 3 heterocycles. The summed E-state index contributed by atoms with van der Waals surface area (Å²) in [5.41, 5.74) is 4.09. The summed E-state index contributed by atoms with van der Waals surface area (Å²) < 4.78 is 1.25. The highest BCUT2D eigenvalue weighted by Crippen LogP contribution is 2.33. The summed E-state index contributed by atoms with van der Waals surface area (Å²) in [4.78, 5) is 19.7. The van der Waals surface area contributed by atoms with Crippen LogP contribution >= 0.6 is 11.3 Å². The molecule has 4 aromatic rings. The first kappa shape index (κ1) is 19.9. The molecule has 1 aliphatic rings. The maximum atomic E-state index is 12.9. The molecule has 4 nitrogen and oxygen atoms in total. The van der Waals surface area contributed by atoms with Gasteiger partial charge in [0.15, 0.2) is 0 Å². The Morgan fingerprint density at radius 1 is 1.03 bits per heavy atom. The number of hydrogen-bond donors (Lipinski definition) is 1. The summed E-state index contributed by atoms with van der Waals surface area (Å²) in [6.45, 7) is 2.97. The van der Waals surface area contributed by atoms with Crippen LogP contribution in [0.25, 0.3) is 21.2 Å². The first-order valence-corrected chi connectivity index (χ1v) is 11.6. The van der Waals surface area contributed by atoms with E-state index < -0.39 is 0 Å². The van der Waals surface area contributed by atoms with Crippen molar-refractivity contribution in [1.82, 2.24) is 15.2 Å². The highest BCUT2D eigenvalue weighted by atomic mass is 32.1. The fourth-order valence-corrected chi connectivity index (χ4v) is 5.23. The lowest BCUT2D eigenvalue weighted by Gasteiger charge is -2.32. The summed E-state index contributed by atoms with van der Waals surface area (Å²) in [6, 6.07) is 21.1. The molecule has 31 heavy (non-hydrogen) atoms. The Hall–Kier alpha value is -3.02. The van der Waals surface area contributed by atoms with E-state index in [9.17, 15) is 4.79 Å². The predicted molar refractivity (Wildman–Crippen MR) is 127 cm³/mol. The Labute approximate surface area is 186 Å². The van der Waals surface area contributed by atoms with E-state index in [0.717, 1.165) is 43.6 Å². The number of benzene rings is 2. The first-order valence-electron chi connectivity index (χ1n) is 10.7. The van der Waals surface area contributed by atoms with Crippen molar-refractivity contribution >= 4 is 27.3 Å². The molecule has 0 aliphatic carbocycles. The average molecular weight is 428 g/mol. The van der Waals surface area contributed by atoms with Crippen LogP contribution in [0.4, 0.5) is 0 Å². The number of amides is 1. The molecule has 5 rings (SSSR count). The molecule has 0 radical (unpaired) electrons. The van der Waals surface area contributed by atoms with Gasteiger partial charge >= 0.3 is 0 Å². The van der Waals surface area contributed by atoms with Crippen molar-refractivity contribution in [2.75, 3.05) is 13.1 Å². The fraction of sp³-hybridized carbons (Fsp3) is 0.231. The zero-order valence-electron chi connectivity index (χ0n) is 17.3. The molecule has 0 saturated carbocycles. The zero-order valence-corrected chi connectivity index (χ0v) is 18.1. The highest BCUT2D eigenvalue weighted by molar-refractivity contribution is 7.17. The van der Waals surface area contributed by atoms with Crippen LogP contribution in [0.1, 0.15) is 28.8 Å². The quantitative estimate of drug-likeness (QED) is 0.466. The van der Waals surface area contributed by atoms with Gasteiger partial charge in [-0.05, 0) is 35.9 Å². The van der Waals surface area contributed by atoms with Crippen molar-refractivity contribution < 1.29 is 4.79 Å². The van der Waals surface area contributed by atoms with Gasteiger partial charge in [-0.25, -0.2) is 0 Å². The number of carbonyl (C=O) groups is 1. The van der Waals surface area contributed by atoms with Gasteiger partial charge < -0.3 is 5.32 Å². The van der Waals surface area contributed by atoms with Crippen LogP contribution in [0.5, 0.6) is 0 Å². The monoisotopic (exact) mass is 427 g/mol. The van der Waals surface area contributed by atoms with Gasteiger partial charge in [-0.15, -0.1) is 11.3 Å². The van der Waals surface area contributed by atoms with Gasteiger partial charge in [-0.1, -0.05) is 48.5 Å². The average Bonchev–Trinajstić information content (AvgIpc) is 3.25. The number of aromatic nitrogens is 1. The second-order valence-corrected chi connectivity index (χ2v) is 9.03. The number of nitrogens with one attached hydrogen (secondary N) is 1. The van der Waals surface area contributed by atoms with E-state index >= 15 is 0 Å². The number of carbonyl (C=O) groups excluding carboxylic acids is 1. The summed E-state index contributed by atoms with van der Waals surface area (Å²) in [5.74, 6) is -0.0320. The number of thiophene rings is 1. The van der Waals surface area contributed by atoms with Crippen LogP contribution in [0, 0.1) is 0 Å². The fourth-order valence-electron chi connectivity index (χ4n) is 4.26. The van der Waals surface area contributed by atoms with Crippen LogP contribution in [0.2, 0.25) is 0 Å². The first-order chi connectivity index (χ1) is 15.3. The molecular formula is C26H25N3OS. The van der Waals surface area contributed by atoms with Crippen molar-refractivity contribution in [2.45, 2.75) is 25.4 Å². The molecule has 2 aromatic heterocycles. The number of piperidine rings is 1. The molecule has 5 heteroatoms. The lowest BCUT2D eigenvalue weighted by Crippen LogP contribution is -2.44. The van der Waals surface area contributed by atoms with E-state index in [2.05, 4.69) is 69.1 Å². The van der Waals surface area contributed by atoms with Crippen LogP contribution in [0.15, 0.2) is 78.4 Å². The van der Waals surface area contributed by atoms with Gasteiger partial charge in [0.1, 0.15) is 0 Å². The van der Waals surface area contributed by atoms with Crippen LogP contribution in [-0.2, 0) is 6.54 Å². The Bertz CT molecular complexity index is 1180. The van der Waals surface area contributed by atoms with E-state index in [0.29, 0.717) is 5.56 Å². The second-order valence-electron chi connectivity index (χ2n) is 8.12. The molecule has 1 saturated heterocycles. The maximum absolute atomic E-state index is 12.9. The Morgan fingerprint density at radius 2 is 1.81 bits per heavy atom. The van der Waals surface area contributed by atoms with Crippen molar-refractivity contribution in [3.05, 3.63) is 89.6 Å². The number of pyridine rings is 1. The zero-order chi connectivity index (χ0) is 21.0. The SMILES string of the molecule is O=C(NC1CCN(Cc2ccccc2)CC1)c1cncc(-c2csc3ccccc23)c1. The minimum Gasteiger partial charge on any atom is -0.349 e. The third kappa shape index (κ3) is 4.53. The molecular weight excluding hydrogens is 402 g/mol. The third-order valence-corrected chi connectivity index (χ3v) is 6.93. The lowest BCUT2D eigenvalue weighted by molar-refractivity contribution is 0.0908. The summed E-state index contributed by atoms with van der Waals surface area (Å²) >= 11 is 1.72. The van der Waals surface area contributed by atoms with Crippen LogP contribution in [0.3, 0.4) is 0 Å². The maximum Gasteiger partial charge on any atom is 0.253 e. The van der Waals surface area contributed by atoms with Gasteiger partial charge in [0, 0.05) is 59.3 Å². The molecule has 0 bridgehead atoms. The molecule has 0 atom stereocenters. The number of rotatable bonds is 5. The molecule has 1 aliphatic heterocycles. The lowest BCUT2D eigenvalue weighted by atomic mass is 10.0. The third-order valence-electron chi connectivity index (χ3n) is 5.96. The summed E-state index contributed by atoms with van der Waals surface area (Å²) in [6.07, 6.45) is 5.45. The van der Waals surface area contributed by atoms with E-state index in [1.165, 1.54) is 15.6 Å². The normalized spacial score (nSPS) is 15.2. The van der Waals surface area contributed by atoms with Crippen molar-refractivity contribution in [2.24, 2.45) is 0 Å². The van der Waals surface area contributed by atoms with E-state index in [1.807, 2.05) is 18.3 Å². The topological polar surface area (TPSA) is 45.2 Å². The number of likely N-dealkylation sites (tertiary alicyclic amines) is 1. The molecule has 0 spiro atoms. The molecule has 0 unspecified atom stereocenters. The van der Waals surface area contributed by atoms with Crippen molar-refractivity contribution in [3.63, 3.8) is 0 Å². The van der Waals surface area contributed by atoms with Gasteiger partial charge in [0.05, 0.1) is 5.56 Å². The van der Waals surface area contributed by atoms with E-state index in [-0.39, 0.29) is 11.9 Å². The number of hydrogen-bond acceptors (Lipinski definition) is 4. The number of fused-ring (bicyclic) bond motifs is 1. The smallest absolute Gasteiger partial charge is 0.253 e. The standard InChI is InChI=1S/C26H25N3OS/c30-26(28-22-10-12-29(13-11-22)17-19-6-2-1-3-7-19)21-14-20(15-27-16-21)24-18-31-25-9-5-4-8-23(24)25/h1-9,14-16,18,22H,10-13,17H2,(H,28,30). The largest absolute Gasteiger partial charge is 0.349 e. The van der Waals surface area contributed by atoms with Crippen molar-refractivity contribution in [1.29, 1.82) is 0 Å². The van der Waals surface area contributed by atoms with Gasteiger partial charge in [0.25, 0.3) is 5.91 Å². The summed E-state index contributed by atoms with van der Waals surface area (Å²) in [7, 11) is 0. The van der Waals surface area contributed by atoms with Gasteiger partial charge in [0.2, 0.25) is 0 Å². The van der Waals surface area contributed by atoms with Crippen LogP contribution in [-0.4, -0.2) is 34.9 Å². The number of nitrogens with zero attached hydrogens (tertiary/aromatic N) is 2. The molecule has 1 N–H and O–H groups in total. The molecule has 1 fully saturated rings. The Morgan fingerprint density at radius 3 is 2.65 bits per heavy atom. The predicted octanol–water partition coefficient (Wildman–Crippen LogP) is 5.36. The molecule has 1 amide bonds. The Balaban J connectivity index is 1.22. The van der Waals surface area contributed by atoms with Crippen LogP contribution < -0.4 is 5.32 Å². The molecule has 2 aromatic carbocycles.